The lowest BCUT2D eigenvalue weighted by Gasteiger charge is -2.28. The molecule has 0 radical (unpaired) electrons. The molecule has 16 heavy (non-hydrogen) atoms. The van der Waals surface area contributed by atoms with E-state index < -0.39 is 5.54 Å². The zero-order chi connectivity index (χ0) is 11.8. The van der Waals surface area contributed by atoms with Crippen LogP contribution < -0.4 is 5.32 Å². The van der Waals surface area contributed by atoms with E-state index in [1.54, 1.807) is 18.7 Å². The van der Waals surface area contributed by atoms with Gasteiger partial charge >= 0.3 is 6.03 Å². The Bertz CT molecular complexity index is 308. The minimum atomic E-state index is -0.727. The van der Waals surface area contributed by atoms with Crippen molar-refractivity contribution in [2.45, 2.75) is 44.8 Å². The molecule has 1 N–H and O–H groups in total. The third-order valence-corrected chi connectivity index (χ3v) is 3.39. The predicted octanol–water partition coefficient (Wildman–Crippen LogP) is 0.886. The lowest BCUT2D eigenvalue weighted by Crippen LogP contribution is -2.45. The van der Waals surface area contributed by atoms with E-state index >= 15 is 0 Å². The Labute approximate surface area is 95.1 Å². The quantitative estimate of drug-likeness (QED) is 0.727. The summed E-state index contributed by atoms with van der Waals surface area (Å²) in [5.41, 5.74) is -0.727. The Kier molecular flexibility index (Phi) is 2.88. The maximum Gasteiger partial charge on any atom is 0.324 e. The molecule has 0 aromatic heterocycles. The highest BCUT2D eigenvalue weighted by atomic mass is 16.5. The van der Waals surface area contributed by atoms with Crippen molar-refractivity contribution in [1.29, 1.82) is 0 Å². The maximum atomic E-state index is 11.6. The molecule has 0 aliphatic carbocycles. The number of hydrogen-bond donors (Lipinski definition) is 1. The fraction of sp³-hybridized carbons (Fsp3) is 0.818. The van der Waals surface area contributed by atoms with Crippen LogP contribution >= 0.6 is 0 Å². The van der Waals surface area contributed by atoms with Crippen LogP contribution in [0.5, 0.6) is 0 Å². The number of rotatable bonds is 3. The first-order chi connectivity index (χ1) is 7.51. The molecular formula is C11H18N2O3. The van der Waals surface area contributed by atoms with E-state index in [0.29, 0.717) is 6.54 Å². The Morgan fingerprint density at radius 1 is 1.50 bits per heavy atom. The topological polar surface area (TPSA) is 58.6 Å². The second kappa shape index (κ2) is 4.05. The molecule has 3 amide bonds. The van der Waals surface area contributed by atoms with Crippen molar-refractivity contribution in [2.75, 3.05) is 13.2 Å². The number of ether oxygens (including phenoxy) is 1. The van der Waals surface area contributed by atoms with Crippen molar-refractivity contribution in [2.24, 2.45) is 0 Å². The molecule has 5 nitrogen and oxygen atoms in total. The van der Waals surface area contributed by atoms with Crippen LogP contribution in [-0.4, -0.2) is 41.6 Å². The molecule has 2 aliphatic rings. The summed E-state index contributed by atoms with van der Waals surface area (Å²) in [4.78, 5) is 24.7. The standard InChI is InChI=1S/C11H18N2O3/c1-11(2)9(14)12-10(15)13(11)6-5-8-4-3-7-16-8/h8H,3-7H2,1-2H3,(H,12,14,15). The number of urea groups is 1. The van der Waals surface area contributed by atoms with Crippen LogP contribution in [0.25, 0.3) is 0 Å². The molecule has 1 unspecified atom stereocenters. The van der Waals surface area contributed by atoms with Gasteiger partial charge in [0.15, 0.2) is 0 Å². The number of carbonyl (C=O) groups excluding carboxylic acids is 2. The number of carbonyl (C=O) groups is 2. The normalized spacial score (nSPS) is 28.6. The van der Waals surface area contributed by atoms with Crippen molar-refractivity contribution < 1.29 is 14.3 Å². The predicted molar refractivity (Wildman–Crippen MR) is 57.9 cm³/mol. The molecular weight excluding hydrogens is 208 g/mol. The van der Waals surface area contributed by atoms with Crippen molar-refractivity contribution >= 4 is 11.9 Å². The van der Waals surface area contributed by atoms with Gasteiger partial charge < -0.3 is 9.64 Å². The zero-order valence-electron chi connectivity index (χ0n) is 9.78. The van der Waals surface area contributed by atoms with Crippen LogP contribution in [0.2, 0.25) is 0 Å². The number of imide groups is 1. The van der Waals surface area contributed by atoms with E-state index in [1.807, 2.05) is 0 Å². The van der Waals surface area contributed by atoms with Gasteiger partial charge in [0.05, 0.1) is 6.10 Å². The smallest absolute Gasteiger partial charge is 0.324 e. The number of hydrogen-bond acceptors (Lipinski definition) is 3. The van der Waals surface area contributed by atoms with Crippen LogP contribution in [0.4, 0.5) is 4.79 Å². The third kappa shape index (κ3) is 1.91. The minimum absolute atomic E-state index is 0.218. The lowest BCUT2D eigenvalue weighted by molar-refractivity contribution is -0.125. The SMILES string of the molecule is CC1(C)C(=O)NC(=O)N1CCC1CCCO1. The van der Waals surface area contributed by atoms with E-state index in [-0.39, 0.29) is 18.0 Å². The summed E-state index contributed by atoms with van der Waals surface area (Å²) in [6.45, 7) is 4.93. The maximum absolute atomic E-state index is 11.6. The molecule has 5 heteroatoms. The molecule has 90 valence electrons. The minimum Gasteiger partial charge on any atom is -0.378 e. The van der Waals surface area contributed by atoms with Gasteiger partial charge in [-0.2, -0.15) is 0 Å². The molecule has 0 saturated carbocycles. The molecule has 2 aliphatic heterocycles. The third-order valence-electron chi connectivity index (χ3n) is 3.39. The molecule has 0 aromatic carbocycles. The summed E-state index contributed by atoms with van der Waals surface area (Å²) >= 11 is 0. The summed E-state index contributed by atoms with van der Waals surface area (Å²) in [6.07, 6.45) is 3.21. The average Bonchev–Trinajstić information content (AvgIpc) is 2.75. The second-order valence-electron chi connectivity index (χ2n) is 4.89. The average molecular weight is 226 g/mol. The highest BCUT2D eigenvalue weighted by Gasteiger charge is 2.45. The van der Waals surface area contributed by atoms with Crippen molar-refractivity contribution in [3.63, 3.8) is 0 Å². The van der Waals surface area contributed by atoms with Crippen molar-refractivity contribution in [3.05, 3.63) is 0 Å². The first kappa shape index (κ1) is 11.4. The Morgan fingerprint density at radius 2 is 2.25 bits per heavy atom. The molecule has 2 fully saturated rings. The molecule has 0 aromatic rings. The first-order valence-electron chi connectivity index (χ1n) is 5.76. The van der Waals surface area contributed by atoms with Crippen molar-refractivity contribution in [1.82, 2.24) is 10.2 Å². The van der Waals surface area contributed by atoms with Crippen LogP contribution in [0.3, 0.4) is 0 Å². The summed E-state index contributed by atoms with van der Waals surface area (Å²) in [5.74, 6) is -0.218. The van der Waals surface area contributed by atoms with E-state index in [4.69, 9.17) is 4.74 Å². The van der Waals surface area contributed by atoms with Gasteiger partial charge in [0, 0.05) is 13.2 Å². The Balaban J connectivity index is 1.92. The van der Waals surface area contributed by atoms with E-state index in [2.05, 4.69) is 5.32 Å². The Hall–Kier alpha value is -1.10. The summed E-state index contributed by atoms with van der Waals surface area (Å²) in [7, 11) is 0. The largest absolute Gasteiger partial charge is 0.378 e. The van der Waals surface area contributed by atoms with Crippen LogP contribution in [0.1, 0.15) is 33.1 Å². The summed E-state index contributed by atoms with van der Waals surface area (Å²) < 4.78 is 5.50. The van der Waals surface area contributed by atoms with Crippen molar-refractivity contribution in [3.8, 4) is 0 Å². The number of nitrogens with zero attached hydrogens (tertiary/aromatic N) is 1. The van der Waals surface area contributed by atoms with Gasteiger partial charge in [0.2, 0.25) is 0 Å². The van der Waals surface area contributed by atoms with Gasteiger partial charge in [-0.15, -0.1) is 0 Å². The zero-order valence-corrected chi connectivity index (χ0v) is 9.78. The summed E-state index contributed by atoms with van der Waals surface area (Å²) in [6, 6.07) is -0.284. The van der Waals surface area contributed by atoms with E-state index in [0.717, 1.165) is 25.9 Å². The highest BCUT2D eigenvalue weighted by molar-refractivity contribution is 6.06. The second-order valence-corrected chi connectivity index (χ2v) is 4.89. The highest BCUT2D eigenvalue weighted by Crippen LogP contribution is 2.23. The van der Waals surface area contributed by atoms with Gasteiger partial charge in [-0.3, -0.25) is 10.1 Å². The van der Waals surface area contributed by atoms with Gasteiger partial charge in [-0.1, -0.05) is 0 Å². The van der Waals surface area contributed by atoms with Gasteiger partial charge in [0.1, 0.15) is 5.54 Å². The lowest BCUT2D eigenvalue weighted by atomic mass is 10.0. The van der Waals surface area contributed by atoms with Gasteiger partial charge in [-0.05, 0) is 33.1 Å². The van der Waals surface area contributed by atoms with Gasteiger partial charge in [0.25, 0.3) is 5.91 Å². The molecule has 1 atom stereocenters. The van der Waals surface area contributed by atoms with E-state index in [9.17, 15) is 9.59 Å². The molecule has 2 rings (SSSR count). The van der Waals surface area contributed by atoms with Crippen LogP contribution in [0, 0.1) is 0 Å². The Morgan fingerprint density at radius 3 is 2.75 bits per heavy atom. The monoisotopic (exact) mass is 226 g/mol. The molecule has 2 saturated heterocycles. The van der Waals surface area contributed by atoms with Crippen LogP contribution in [0.15, 0.2) is 0 Å². The fourth-order valence-electron chi connectivity index (χ4n) is 2.22. The van der Waals surface area contributed by atoms with Crippen LogP contribution in [-0.2, 0) is 9.53 Å². The molecule has 0 spiro atoms. The summed E-state index contributed by atoms with van der Waals surface area (Å²) in [5, 5.41) is 2.34. The molecule has 0 bridgehead atoms. The first-order valence-corrected chi connectivity index (χ1v) is 5.76. The molecule has 2 heterocycles. The number of nitrogens with one attached hydrogen (secondary N) is 1. The fourth-order valence-corrected chi connectivity index (χ4v) is 2.22. The van der Waals surface area contributed by atoms with Gasteiger partial charge in [-0.25, -0.2) is 4.79 Å². The number of amides is 3. The van der Waals surface area contributed by atoms with E-state index in [1.165, 1.54) is 0 Å².